The third-order valence-corrected chi connectivity index (χ3v) is 14.8. The van der Waals surface area contributed by atoms with Crippen LogP contribution in [0.4, 0.5) is 0 Å². The maximum Gasteiger partial charge on any atom is 0.306 e. The van der Waals surface area contributed by atoms with Crippen molar-refractivity contribution in [3.63, 3.8) is 0 Å². The van der Waals surface area contributed by atoms with Crippen LogP contribution < -0.4 is 4.89 Å². The van der Waals surface area contributed by atoms with E-state index < -0.39 is 26.5 Å². The molecule has 0 aromatic rings. The van der Waals surface area contributed by atoms with Crippen molar-refractivity contribution in [3.8, 4) is 0 Å². The fraction of sp³-hybridized carbons (Fsp3) is 0.815. The lowest BCUT2D eigenvalue weighted by molar-refractivity contribution is -0.870. The fourth-order valence-electron chi connectivity index (χ4n) is 8.98. The molecule has 438 valence electrons. The Labute approximate surface area is 464 Å². The molecule has 0 rings (SSSR count). The van der Waals surface area contributed by atoms with Gasteiger partial charge in [-0.3, -0.25) is 14.2 Å². The number of esters is 2. The molecule has 0 aliphatic rings. The third kappa shape index (κ3) is 60.8. The van der Waals surface area contributed by atoms with Gasteiger partial charge in [0.2, 0.25) is 0 Å². The number of hydrogen-bond acceptors (Lipinski definition) is 8. The topological polar surface area (TPSA) is 111 Å². The van der Waals surface area contributed by atoms with E-state index in [0.717, 1.165) is 70.6 Å². The molecule has 0 aliphatic heterocycles. The van der Waals surface area contributed by atoms with Crippen molar-refractivity contribution in [2.45, 2.75) is 296 Å². The number of rotatable bonds is 58. The highest BCUT2D eigenvalue weighted by atomic mass is 31.2. The lowest BCUT2D eigenvalue weighted by Gasteiger charge is -2.28. The summed E-state index contributed by atoms with van der Waals surface area (Å²) in [5.41, 5.74) is 0. The van der Waals surface area contributed by atoms with Gasteiger partial charge in [-0.05, 0) is 57.8 Å². The van der Waals surface area contributed by atoms with Crippen LogP contribution >= 0.6 is 7.82 Å². The summed E-state index contributed by atoms with van der Waals surface area (Å²) in [6.45, 7) is 4.17. The quantitative estimate of drug-likeness (QED) is 0.0195. The molecule has 0 aromatic carbocycles. The Kier molecular flexibility index (Phi) is 54.7. The van der Waals surface area contributed by atoms with Gasteiger partial charge < -0.3 is 27.9 Å². The highest BCUT2D eigenvalue weighted by Gasteiger charge is 2.22. The van der Waals surface area contributed by atoms with Gasteiger partial charge in [0, 0.05) is 12.8 Å². The lowest BCUT2D eigenvalue weighted by Crippen LogP contribution is -2.37. The van der Waals surface area contributed by atoms with Gasteiger partial charge in [0.1, 0.15) is 19.8 Å². The molecule has 0 spiro atoms. The summed E-state index contributed by atoms with van der Waals surface area (Å²) in [7, 11) is 1.18. The van der Waals surface area contributed by atoms with Crippen LogP contribution in [0.5, 0.6) is 0 Å². The Morgan fingerprint density at radius 2 is 0.760 bits per heavy atom. The zero-order valence-electron chi connectivity index (χ0n) is 49.7. The van der Waals surface area contributed by atoms with Gasteiger partial charge in [0.15, 0.2) is 6.10 Å². The van der Waals surface area contributed by atoms with E-state index in [1.54, 1.807) is 0 Å². The summed E-state index contributed by atoms with van der Waals surface area (Å²) < 4.78 is 34.2. The molecule has 0 fully saturated rings. The number of quaternary nitrogens is 1. The number of carbonyl (C=O) groups is 2. The number of allylic oxidation sites excluding steroid dienone is 10. The van der Waals surface area contributed by atoms with E-state index >= 15 is 0 Å². The van der Waals surface area contributed by atoms with Crippen molar-refractivity contribution in [1.82, 2.24) is 0 Å². The minimum absolute atomic E-state index is 0.0299. The summed E-state index contributed by atoms with van der Waals surface area (Å²) in [5.74, 6) is -0.820. The van der Waals surface area contributed by atoms with Gasteiger partial charge in [0.25, 0.3) is 7.82 Å². The monoisotopic (exact) mass is 1070 g/mol. The predicted octanol–water partition coefficient (Wildman–Crippen LogP) is 19.2. The van der Waals surface area contributed by atoms with Crippen LogP contribution in [0.3, 0.4) is 0 Å². The Morgan fingerprint density at radius 3 is 1.13 bits per heavy atom. The van der Waals surface area contributed by atoms with Crippen molar-refractivity contribution in [2.75, 3.05) is 47.5 Å². The van der Waals surface area contributed by atoms with Crippen molar-refractivity contribution >= 4 is 19.8 Å². The maximum absolute atomic E-state index is 12.8. The SMILES string of the molecule is CC/C=C\C/C=C\C/C=C\C/C=C\C/C=C\CCCCCCCCCCCCCCCCCC(=O)OC(COC(=O)CCCCCCCCCCCCCCCCCCCCCC)COP(=O)([O-])OCC[N+](C)(C)C. The van der Waals surface area contributed by atoms with Crippen LogP contribution in [0.25, 0.3) is 0 Å². The van der Waals surface area contributed by atoms with E-state index in [0.29, 0.717) is 17.4 Å². The highest BCUT2D eigenvalue weighted by Crippen LogP contribution is 2.38. The summed E-state index contributed by atoms with van der Waals surface area (Å²) in [4.78, 5) is 37.9. The smallest absolute Gasteiger partial charge is 0.306 e. The lowest BCUT2D eigenvalue weighted by atomic mass is 10.0. The van der Waals surface area contributed by atoms with Gasteiger partial charge in [-0.2, -0.15) is 0 Å². The van der Waals surface area contributed by atoms with Crippen LogP contribution in [-0.2, 0) is 32.7 Å². The number of carbonyl (C=O) groups excluding carboxylic acids is 2. The Morgan fingerprint density at radius 1 is 0.427 bits per heavy atom. The molecule has 0 amide bonds. The summed E-state index contributed by atoms with van der Waals surface area (Å²) in [6, 6.07) is 0. The minimum atomic E-state index is -4.64. The van der Waals surface area contributed by atoms with E-state index in [9.17, 15) is 19.0 Å². The van der Waals surface area contributed by atoms with E-state index in [1.165, 1.54) is 186 Å². The maximum atomic E-state index is 12.8. The minimum Gasteiger partial charge on any atom is -0.756 e. The first kappa shape index (κ1) is 72.7. The van der Waals surface area contributed by atoms with Crippen molar-refractivity contribution in [1.29, 1.82) is 0 Å². The molecule has 75 heavy (non-hydrogen) atoms. The molecule has 0 heterocycles. The molecule has 2 unspecified atom stereocenters. The summed E-state index contributed by atoms with van der Waals surface area (Å²) >= 11 is 0. The van der Waals surface area contributed by atoms with Gasteiger partial charge in [0.05, 0.1) is 27.7 Å². The molecular weight excluding hydrogens is 954 g/mol. The Hall–Kier alpha value is -2.29. The fourth-order valence-corrected chi connectivity index (χ4v) is 9.71. The number of likely N-dealkylation sites (N-methyl/N-ethyl adjacent to an activating group) is 1. The second kappa shape index (κ2) is 56.4. The van der Waals surface area contributed by atoms with Gasteiger partial charge in [-0.25, -0.2) is 0 Å². The van der Waals surface area contributed by atoms with E-state index in [-0.39, 0.29) is 32.0 Å². The van der Waals surface area contributed by atoms with Crippen molar-refractivity contribution < 1.29 is 42.1 Å². The molecular formula is C65H120NO8P. The normalized spacial score (nSPS) is 13.6. The van der Waals surface area contributed by atoms with Gasteiger partial charge in [-0.15, -0.1) is 0 Å². The second-order valence-electron chi connectivity index (χ2n) is 22.4. The summed E-state index contributed by atoms with van der Waals surface area (Å²) in [6.07, 6.45) is 72.8. The molecule has 0 bridgehead atoms. The van der Waals surface area contributed by atoms with Crippen molar-refractivity contribution in [2.24, 2.45) is 0 Å². The second-order valence-corrected chi connectivity index (χ2v) is 23.8. The number of nitrogens with zero attached hydrogens (tertiary/aromatic N) is 1. The van der Waals surface area contributed by atoms with E-state index in [4.69, 9.17) is 18.5 Å². The number of phosphoric acid groups is 1. The number of hydrogen-bond donors (Lipinski definition) is 0. The number of phosphoric ester groups is 1. The zero-order chi connectivity index (χ0) is 54.9. The van der Waals surface area contributed by atoms with Crippen LogP contribution in [-0.4, -0.2) is 70.0 Å². The van der Waals surface area contributed by atoms with Crippen LogP contribution in [0.2, 0.25) is 0 Å². The first-order valence-corrected chi connectivity index (χ1v) is 33.0. The predicted molar refractivity (Wildman–Crippen MR) is 319 cm³/mol. The Bertz CT molecular complexity index is 1450. The Balaban J connectivity index is 4.07. The molecule has 0 saturated carbocycles. The van der Waals surface area contributed by atoms with E-state index in [2.05, 4.69) is 74.6 Å². The molecule has 0 aliphatic carbocycles. The molecule has 2 atom stereocenters. The zero-order valence-corrected chi connectivity index (χ0v) is 50.6. The van der Waals surface area contributed by atoms with Crippen LogP contribution in [0, 0.1) is 0 Å². The molecule has 0 saturated heterocycles. The van der Waals surface area contributed by atoms with Crippen LogP contribution in [0.1, 0.15) is 290 Å². The average Bonchev–Trinajstić information content (AvgIpc) is 3.37. The van der Waals surface area contributed by atoms with E-state index in [1.807, 2.05) is 21.1 Å². The first-order chi connectivity index (χ1) is 36.5. The largest absolute Gasteiger partial charge is 0.756 e. The average molecular weight is 1070 g/mol. The number of ether oxygens (including phenoxy) is 2. The van der Waals surface area contributed by atoms with Crippen molar-refractivity contribution in [3.05, 3.63) is 60.8 Å². The highest BCUT2D eigenvalue weighted by molar-refractivity contribution is 7.45. The van der Waals surface area contributed by atoms with Crippen LogP contribution in [0.15, 0.2) is 60.8 Å². The summed E-state index contributed by atoms with van der Waals surface area (Å²) in [5, 5.41) is 0. The molecule has 0 N–H and O–H groups in total. The molecule has 9 nitrogen and oxygen atoms in total. The standard InChI is InChI=1S/C65H120NO8P/c1-6-8-10-12-14-16-18-20-22-24-26-28-29-30-31-32-33-34-35-36-37-38-40-42-44-46-48-50-52-54-56-58-65(68)74-63(62-73-75(69,70)72-60-59-66(3,4)5)61-71-64(67)57-55-53-51-49-47-45-43-41-39-27-25-23-21-19-17-15-13-11-9-7-2/h8,10,14,16,20,22,26,28,30-31,63H,6-7,9,11-13,15,17-19,21,23-25,27,29,32-62H2,1-5H3/b10-8-,16-14-,22-20-,28-26-,31-30-. The first-order valence-electron chi connectivity index (χ1n) is 31.5. The molecule has 10 heteroatoms. The van der Waals surface area contributed by atoms with Gasteiger partial charge >= 0.3 is 11.9 Å². The molecule has 0 aromatic heterocycles. The number of unbranched alkanes of at least 4 members (excludes halogenated alkanes) is 34. The third-order valence-electron chi connectivity index (χ3n) is 13.8. The molecule has 0 radical (unpaired) electrons. The van der Waals surface area contributed by atoms with Gasteiger partial charge in [-0.1, -0.05) is 280 Å².